The van der Waals surface area contributed by atoms with Crippen molar-refractivity contribution >= 4 is 10.0 Å². The van der Waals surface area contributed by atoms with Gasteiger partial charge < -0.3 is 5.32 Å². The highest BCUT2D eigenvalue weighted by Crippen LogP contribution is 2.34. The van der Waals surface area contributed by atoms with Gasteiger partial charge in [0.25, 0.3) is 0 Å². The number of sulfonamides is 1. The fraction of sp³-hybridized carbons (Fsp3) is 1.00. The molecule has 1 saturated carbocycles. The third-order valence-corrected chi connectivity index (χ3v) is 6.27. The zero-order chi connectivity index (χ0) is 14.6. The lowest BCUT2D eigenvalue weighted by Crippen LogP contribution is -2.45. The smallest absolute Gasteiger partial charge is 0.215 e. The van der Waals surface area contributed by atoms with Crippen molar-refractivity contribution in [3.8, 4) is 0 Å². The van der Waals surface area contributed by atoms with Crippen LogP contribution in [0.2, 0.25) is 0 Å². The van der Waals surface area contributed by atoms with E-state index in [9.17, 15) is 8.42 Å². The van der Waals surface area contributed by atoms with E-state index in [1.54, 1.807) is 6.92 Å². The molecular weight excluding hydrogens is 260 g/mol. The molecule has 114 valence electrons. The predicted octanol–water partition coefficient (Wildman–Crippen LogP) is 2.12. The first-order valence-corrected chi connectivity index (χ1v) is 9.07. The van der Waals surface area contributed by atoms with Crippen molar-refractivity contribution in [3.05, 3.63) is 0 Å². The minimum Gasteiger partial charge on any atom is -0.313 e. The predicted molar refractivity (Wildman–Crippen MR) is 80.6 cm³/mol. The summed E-state index contributed by atoms with van der Waals surface area (Å²) in [5.41, 5.74) is 0. The average molecular weight is 290 g/mol. The van der Waals surface area contributed by atoms with Gasteiger partial charge in [-0.05, 0) is 31.6 Å². The average Bonchev–Trinajstić information content (AvgIpc) is 2.66. The van der Waals surface area contributed by atoms with E-state index >= 15 is 0 Å². The fourth-order valence-electron chi connectivity index (χ4n) is 2.83. The molecule has 0 amide bonds. The molecule has 4 atom stereocenters. The van der Waals surface area contributed by atoms with Crippen LogP contribution < -0.4 is 10.0 Å². The van der Waals surface area contributed by atoms with Crippen LogP contribution in [0.5, 0.6) is 0 Å². The molecule has 4 unspecified atom stereocenters. The highest BCUT2D eigenvalue weighted by molar-refractivity contribution is 7.90. The van der Waals surface area contributed by atoms with E-state index in [1.807, 2.05) is 13.8 Å². The summed E-state index contributed by atoms with van der Waals surface area (Å²) in [5.74, 6) is 1.11. The summed E-state index contributed by atoms with van der Waals surface area (Å²) in [4.78, 5) is 0. The molecule has 0 aromatic rings. The van der Waals surface area contributed by atoms with Gasteiger partial charge in [0.15, 0.2) is 0 Å². The van der Waals surface area contributed by atoms with Crippen LogP contribution >= 0.6 is 0 Å². The standard InChI is InChI=1S/C14H30N2O2S/c1-6-13-7-8-14(12(13)5)16-19(17,18)11(4)9-15-10(2)3/h10-16H,6-9H2,1-5H3. The van der Waals surface area contributed by atoms with E-state index in [-0.39, 0.29) is 11.3 Å². The number of rotatable bonds is 7. The first-order valence-electron chi connectivity index (χ1n) is 7.52. The van der Waals surface area contributed by atoms with E-state index in [0.717, 1.165) is 19.3 Å². The first kappa shape index (κ1) is 16.9. The maximum atomic E-state index is 12.3. The molecule has 0 saturated heterocycles. The summed E-state index contributed by atoms with van der Waals surface area (Å²) in [6, 6.07) is 0.434. The SMILES string of the molecule is CCC1CCC(NS(=O)(=O)C(C)CNC(C)C)C1C. The van der Waals surface area contributed by atoms with Crippen molar-refractivity contribution in [2.75, 3.05) is 6.54 Å². The van der Waals surface area contributed by atoms with Crippen molar-refractivity contribution in [2.24, 2.45) is 11.8 Å². The molecule has 0 heterocycles. The Bertz CT molecular complexity index is 368. The van der Waals surface area contributed by atoms with Crippen LogP contribution in [-0.4, -0.2) is 32.3 Å². The minimum atomic E-state index is -3.22. The minimum absolute atomic E-state index is 0.122. The third kappa shape index (κ3) is 4.72. The van der Waals surface area contributed by atoms with E-state index in [2.05, 4.69) is 23.9 Å². The molecule has 2 N–H and O–H groups in total. The molecule has 5 heteroatoms. The van der Waals surface area contributed by atoms with Gasteiger partial charge in [0.1, 0.15) is 0 Å². The fourth-order valence-corrected chi connectivity index (χ4v) is 4.13. The molecule has 19 heavy (non-hydrogen) atoms. The van der Waals surface area contributed by atoms with Crippen LogP contribution in [0, 0.1) is 11.8 Å². The number of hydrogen-bond donors (Lipinski definition) is 2. The molecular formula is C14H30N2O2S. The summed E-state index contributed by atoms with van der Waals surface area (Å²) >= 11 is 0. The highest BCUT2D eigenvalue weighted by atomic mass is 32.2. The maximum absolute atomic E-state index is 12.3. The Morgan fingerprint density at radius 3 is 2.32 bits per heavy atom. The Morgan fingerprint density at radius 2 is 1.84 bits per heavy atom. The van der Waals surface area contributed by atoms with E-state index in [0.29, 0.717) is 24.4 Å². The molecule has 0 aromatic carbocycles. The van der Waals surface area contributed by atoms with Crippen molar-refractivity contribution in [2.45, 2.75) is 71.2 Å². The van der Waals surface area contributed by atoms with Gasteiger partial charge in [0, 0.05) is 18.6 Å². The van der Waals surface area contributed by atoms with Crippen LogP contribution in [0.15, 0.2) is 0 Å². The van der Waals surface area contributed by atoms with Gasteiger partial charge in [-0.3, -0.25) is 0 Å². The van der Waals surface area contributed by atoms with Crippen molar-refractivity contribution in [3.63, 3.8) is 0 Å². The quantitative estimate of drug-likeness (QED) is 0.755. The molecule has 0 radical (unpaired) electrons. The van der Waals surface area contributed by atoms with Gasteiger partial charge in [0.2, 0.25) is 10.0 Å². The normalized spacial score (nSPS) is 29.9. The van der Waals surface area contributed by atoms with Crippen molar-refractivity contribution < 1.29 is 8.42 Å². The second kappa shape index (κ2) is 7.04. The van der Waals surface area contributed by atoms with Crippen molar-refractivity contribution in [1.82, 2.24) is 10.0 Å². The molecule has 1 aliphatic rings. The zero-order valence-corrected chi connectivity index (χ0v) is 13.8. The van der Waals surface area contributed by atoms with E-state index in [1.165, 1.54) is 0 Å². The summed E-state index contributed by atoms with van der Waals surface area (Å²) in [7, 11) is -3.22. The second-order valence-corrected chi connectivity index (χ2v) is 8.38. The van der Waals surface area contributed by atoms with Crippen LogP contribution in [0.4, 0.5) is 0 Å². The van der Waals surface area contributed by atoms with Crippen LogP contribution in [0.25, 0.3) is 0 Å². The zero-order valence-electron chi connectivity index (χ0n) is 12.9. The molecule has 4 nitrogen and oxygen atoms in total. The molecule has 0 aliphatic heterocycles. The highest BCUT2D eigenvalue weighted by Gasteiger charge is 2.35. The van der Waals surface area contributed by atoms with E-state index < -0.39 is 10.0 Å². The summed E-state index contributed by atoms with van der Waals surface area (Å²) < 4.78 is 27.5. The Morgan fingerprint density at radius 1 is 1.21 bits per heavy atom. The lowest BCUT2D eigenvalue weighted by atomic mass is 9.94. The number of hydrogen-bond acceptors (Lipinski definition) is 3. The van der Waals surface area contributed by atoms with Crippen LogP contribution in [0.3, 0.4) is 0 Å². The van der Waals surface area contributed by atoms with Gasteiger partial charge in [-0.2, -0.15) is 0 Å². The molecule has 0 aromatic heterocycles. The van der Waals surface area contributed by atoms with Crippen LogP contribution in [0.1, 0.15) is 53.9 Å². The Labute approximate surface area is 118 Å². The maximum Gasteiger partial charge on any atom is 0.215 e. The third-order valence-electron chi connectivity index (χ3n) is 4.41. The summed E-state index contributed by atoms with van der Waals surface area (Å²) in [6.45, 7) is 10.7. The van der Waals surface area contributed by atoms with Gasteiger partial charge in [0.05, 0.1) is 5.25 Å². The molecule has 1 fully saturated rings. The van der Waals surface area contributed by atoms with Crippen LogP contribution in [-0.2, 0) is 10.0 Å². The summed E-state index contributed by atoms with van der Waals surface area (Å²) in [5, 5.41) is 2.80. The van der Waals surface area contributed by atoms with Crippen molar-refractivity contribution in [1.29, 1.82) is 0 Å². The van der Waals surface area contributed by atoms with Gasteiger partial charge >= 0.3 is 0 Å². The lowest BCUT2D eigenvalue weighted by molar-refractivity contribution is 0.367. The Balaban J connectivity index is 2.55. The lowest BCUT2D eigenvalue weighted by Gasteiger charge is -2.23. The topological polar surface area (TPSA) is 58.2 Å². The van der Waals surface area contributed by atoms with Gasteiger partial charge in [-0.25, -0.2) is 13.1 Å². The van der Waals surface area contributed by atoms with Gasteiger partial charge in [-0.15, -0.1) is 0 Å². The largest absolute Gasteiger partial charge is 0.313 e. The summed E-state index contributed by atoms with van der Waals surface area (Å²) in [6.07, 6.45) is 3.26. The second-order valence-electron chi connectivity index (χ2n) is 6.25. The van der Waals surface area contributed by atoms with E-state index in [4.69, 9.17) is 0 Å². The number of nitrogens with one attached hydrogen (secondary N) is 2. The molecule has 1 rings (SSSR count). The Hall–Kier alpha value is -0.130. The molecule has 1 aliphatic carbocycles. The first-order chi connectivity index (χ1) is 8.77. The molecule has 0 bridgehead atoms. The Kier molecular flexibility index (Phi) is 6.27. The van der Waals surface area contributed by atoms with Gasteiger partial charge in [-0.1, -0.05) is 34.1 Å². The molecule has 0 spiro atoms. The monoisotopic (exact) mass is 290 g/mol.